The van der Waals surface area contributed by atoms with E-state index in [0.717, 1.165) is 0 Å². The van der Waals surface area contributed by atoms with Gasteiger partial charge in [-0.1, -0.05) is 6.07 Å². The van der Waals surface area contributed by atoms with E-state index in [9.17, 15) is 9.59 Å². The van der Waals surface area contributed by atoms with Gasteiger partial charge in [-0.2, -0.15) is 0 Å². The van der Waals surface area contributed by atoms with Crippen molar-refractivity contribution in [3.63, 3.8) is 0 Å². The van der Waals surface area contributed by atoms with Gasteiger partial charge in [-0.25, -0.2) is 0 Å². The molecule has 6 nitrogen and oxygen atoms in total. The van der Waals surface area contributed by atoms with Crippen molar-refractivity contribution >= 4 is 29.9 Å². The number of primary amides is 1. The summed E-state index contributed by atoms with van der Waals surface area (Å²) in [6, 6.07) is 6.51. The van der Waals surface area contributed by atoms with Gasteiger partial charge < -0.3 is 21.5 Å². The van der Waals surface area contributed by atoms with Crippen molar-refractivity contribution in [2.24, 2.45) is 11.5 Å². The Morgan fingerprint density at radius 2 is 2.11 bits per heavy atom. The third-order valence-electron chi connectivity index (χ3n) is 2.01. The van der Waals surface area contributed by atoms with Crippen molar-refractivity contribution in [3.8, 4) is 5.75 Å². The van der Waals surface area contributed by atoms with Crippen LogP contribution in [0.25, 0.3) is 0 Å². The monoisotopic (exact) mass is 287 g/mol. The van der Waals surface area contributed by atoms with Crippen LogP contribution in [0.1, 0.15) is 13.3 Å². The molecule has 0 bridgehead atoms. The maximum atomic E-state index is 11.5. The minimum Gasteiger partial charge on any atom is -0.484 e. The van der Waals surface area contributed by atoms with Crippen LogP contribution in [0.15, 0.2) is 24.3 Å². The van der Waals surface area contributed by atoms with E-state index in [-0.39, 0.29) is 37.4 Å². The van der Waals surface area contributed by atoms with E-state index >= 15 is 0 Å². The summed E-state index contributed by atoms with van der Waals surface area (Å²) in [7, 11) is 0. The number of carbonyl (C=O) groups excluding carboxylic acids is 2. The number of benzene rings is 1. The number of ether oxygens (including phenoxy) is 1. The number of anilines is 1. The molecular formula is C12H18ClN3O3. The fourth-order valence-corrected chi connectivity index (χ4v) is 1.32. The van der Waals surface area contributed by atoms with Gasteiger partial charge in [0.05, 0.1) is 0 Å². The van der Waals surface area contributed by atoms with Crippen LogP contribution < -0.4 is 21.5 Å². The van der Waals surface area contributed by atoms with Crippen molar-refractivity contribution in [2.45, 2.75) is 19.4 Å². The Morgan fingerprint density at radius 3 is 2.68 bits per heavy atom. The summed E-state index contributed by atoms with van der Waals surface area (Å²) in [4.78, 5) is 22.1. The van der Waals surface area contributed by atoms with Crippen LogP contribution in [0.2, 0.25) is 0 Å². The summed E-state index contributed by atoms with van der Waals surface area (Å²) in [5, 5.41) is 2.69. The molecule has 0 radical (unpaired) electrons. The number of hydrogen-bond acceptors (Lipinski definition) is 4. The van der Waals surface area contributed by atoms with Crippen LogP contribution in [0.5, 0.6) is 5.75 Å². The molecule has 0 spiro atoms. The van der Waals surface area contributed by atoms with Gasteiger partial charge in [-0.05, 0) is 19.1 Å². The standard InChI is InChI=1S/C12H17N3O3.ClH/c1-8(13)5-12(17)15-9-3-2-4-10(6-9)18-7-11(14)16;/h2-4,6,8H,5,7,13H2,1H3,(H2,14,16)(H,15,17);1H. The fourth-order valence-electron chi connectivity index (χ4n) is 1.32. The molecule has 0 fully saturated rings. The van der Waals surface area contributed by atoms with E-state index in [1.165, 1.54) is 0 Å². The minimum absolute atomic E-state index is 0. The highest BCUT2D eigenvalue weighted by atomic mass is 35.5. The molecule has 1 rings (SSSR count). The molecule has 7 heteroatoms. The first kappa shape index (κ1) is 17.2. The Labute approximate surface area is 117 Å². The molecule has 0 saturated heterocycles. The summed E-state index contributed by atoms with van der Waals surface area (Å²) < 4.78 is 5.12. The molecule has 0 aromatic heterocycles. The summed E-state index contributed by atoms with van der Waals surface area (Å²) in [5.41, 5.74) is 11.1. The average Bonchev–Trinajstić information content (AvgIpc) is 2.25. The lowest BCUT2D eigenvalue weighted by Crippen LogP contribution is -2.24. The van der Waals surface area contributed by atoms with Crippen molar-refractivity contribution in [1.82, 2.24) is 0 Å². The van der Waals surface area contributed by atoms with E-state index in [1.54, 1.807) is 31.2 Å². The first-order valence-electron chi connectivity index (χ1n) is 5.54. The van der Waals surface area contributed by atoms with Crippen LogP contribution in [0.3, 0.4) is 0 Å². The number of halogens is 1. The number of rotatable bonds is 6. The Balaban J connectivity index is 0.00000324. The fraction of sp³-hybridized carbons (Fsp3) is 0.333. The summed E-state index contributed by atoms with van der Waals surface area (Å²) in [6.45, 7) is 1.56. The molecule has 106 valence electrons. The topological polar surface area (TPSA) is 107 Å². The second-order valence-electron chi connectivity index (χ2n) is 4.01. The zero-order valence-electron chi connectivity index (χ0n) is 10.6. The molecule has 0 aliphatic heterocycles. The quantitative estimate of drug-likeness (QED) is 0.714. The number of carbonyl (C=O) groups is 2. The van der Waals surface area contributed by atoms with Gasteiger partial charge in [-0.3, -0.25) is 9.59 Å². The highest BCUT2D eigenvalue weighted by molar-refractivity contribution is 5.91. The smallest absolute Gasteiger partial charge is 0.255 e. The van der Waals surface area contributed by atoms with Crippen molar-refractivity contribution in [1.29, 1.82) is 0 Å². The number of hydrogen-bond donors (Lipinski definition) is 3. The van der Waals surface area contributed by atoms with Crippen molar-refractivity contribution < 1.29 is 14.3 Å². The molecule has 19 heavy (non-hydrogen) atoms. The SMILES string of the molecule is CC(N)CC(=O)Nc1cccc(OCC(N)=O)c1.Cl. The Morgan fingerprint density at radius 1 is 1.42 bits per heavy atom. The highest BCUT2D eigenvalue weighted by Crippen LogP contribution is 2.17. The molecular weight excluding hydrogens is 270 g/mol. The van der Waals surface area contributed by atoms with Crippen molar-refractivity contribution in [2.75, 3.05) is 11.9 Å². The van der Waals surface area contributed by atoms with Gasteiger partial charge in [0.2, 0.25) is 5.91 Å². The average molecular weight is 288 g/mol. The van der Waals surface area contributed by atoms with Gasteiger partial charge in [0.15, 0.2) is 6.61 Å². The predicted octanol–water partition coefficient (Wildman–Crippen LogP) is 0.648. The van der Waals surface area contributed by atoms with Gasteiger partial charge >= 0.3 is 0 Å². The van der Waals surface area contributed by atoms with Crippen LogP contribution in [-0.4, -0.2) is 24.5 Å². The van der Waals surface area contributed by atoms with Gasteiger partial charge in [0, 0.05) is 24.2 Å². The third kappa shape index (κ3) is 7.28. The van der Waals surface area contributed by atoms with Crippen LogP contribution in [-0.2, 0) is 9.59 Å². The molecule has 0 saturated carbocycles. The first-order chi connectivity index (χ1) is 8.47. The van der Waals surface area contributed by atoms with Crippen molar-refractivity contribution in [3.05, 3.63) is 24.3 Å². The molecule has 1 unspecified atom stereocenters. The van der Waals surface area contributed by atoms with Gasteiger partial charge in [0.25, 0.3) is 5.91 Å². The number of nitrogens with two attached hydrogens (primary N) is 2. The number of nitrogens with one attached hydrogen (secondary N) is 1. The number of amides is 2. The van der Waals surface area contributed by atoms with Gasteiger partial charge in [0.1, 0.15) is 5.75 Å². The largest absolute Gasteiger partial charge is 0.484 e. The van der Waals surface area contributed by atoms with Crippen LogP contribution in [0.4, 0.5) is 5.69 Å². The molecule has 0 aliphatic rings. The molecule has 1 aromatic carbocycles. The van der Waals surface area contributed by atoms with Crippen LogP contribution >= 0.6 is 12.4 Å². The van der Waals surface area contributed by atoms with E-state index in [0.29, 0.717) is 11.4 Å². The molecule has 2 amide bonds. The molecule has 1 atom stereocenters. The first-order valence-corrected chi connectivity index (χ1v) is 5.54. The lowest BCUT2D eigenvalue weighted by atomic mass is 10.2. The maximum Gasteiger partial charge on any atom is 0.255 e. The minimum atomic E-state index is -0.554. The molecule has 0 aliphatic carbocycles. The van der Waals surface area contributed by atoms with E-state index in [4.69, 9.17) is 16.2 Å². The third-order valence-corrected chi connectivity index (χ3v) is 2.01. The lowest BCUT2D eigenvalue weighted by Gasteiger charge is -2.09. The van der Waals surface area contributed by atoms with Crippen LogP contribution in [0, 0.1) is 0 Å². The zero-order chi connectivity index (χ0) is 13.5. The Bertz CT molecular complexity index is 438. The Hall–Kier alpha value is -1.79. The predicted molar refractivity (Wildman–Crippen MR) is 75.3 cm³/mol. The zero-order valence-corrected chi connectivity index (χ0v) is 11.4. The van der Waals surface area contributed by atoms with Gasteiger partial charge in [-0.15, -0.1) is 12.4 Å². The van der Waals surface area contributed by atoms with E-state index in [2.05, 4.69) is 5.32 Å². The van der Waals surface area contributed by atoms with E-state index < -0.39 is 5.91 Å². The molecule has 0 heterocycles. The second-order valence-corrected chi connectivity index (χ2v) is 4.01. The summed E-state index contributed by atoms with van der Waals surface area (Å²) in [6.07, 6.45) is 0.242. The summed E-state index contributed by atoms with van der Waals surface area (Å²) in [5.74, 6) is -0.258. The molecule has 1 aromatic rings. The highest BCUT2D eigenvalue weighted by Gasteiger charge is 2.06. The Kier molecular flexibility index (Phi) is 7.55. The second kappa shape index (κ2) is 8.34. The normalized spacial score (nSPS) is 11.1. The lowest BCUT2D eigenvalue weighted by molar-refractivity contribution is -0.120. The maximum absolute atomic E-state index is 11.5. The molecule has 5 N–H and O–H groups in total. The summed E-state index contributed by atoms with van der Waals surface area (Å²) >= 11 is 0. The van der Waals surface area contributed by atoms with E-state index in [1.807, 2.05) is 0 Å².